The van der Waals surface area contributed by atoms with Crippen molar-refractivity contribution in [3.8, 4) is 6.07 Å². The van der Waals surface area contributed by atoms with Gasteiger partial charge in [0.25, 0.3) is 0 Å². The van der Waals surface area contributed by atoms with E-state index < -0.39 is 0 Å². The molecule has 3 aliphatic rings. The molecule has 2 heterocycles. The summed E-state index contributed by atoms with van der Waals surface area (Å²) in [6, 6.07) is 3.76. The number of nitrogens with zero attached hydrogens (tertiary/aromatic N) is 3. The third-order valence-corrected chi connectivity index (χ3v) is 5.54. The summed E-state index contributed by atoms with van der Waals surface area (Å²) in [5, 5.41) is 21.4. The Morgan fingerprint density at radius 3 is 2.85 bits per heavy atom. The van der Waals surface area contributed by atoms with Crippen molar-refractivity contribution in [3.05, 3.63) is 45.9 Å². The average molecular weight is 363 g/mol. The molecule has 0 atom stereocenters. The second-order valence-electron chi connectivity index (χ2n) is 7.38. The minimum atomic E-state index is -0.154. The van der Waals surface area contributed by atoms with Crippen LogP contribution >= 0.6 is 0 Å². The zero-order chi connectivity index (χ0) is 19.0. The fourth-order valence-corrected chi connectivity index (χ4v) is 3.84. The average Bonchev–Trinajstić information content (AvgIpc) is 3.41. The van der Waals surface area contributed by atoms with E-state index in [4.69, 9.17) is 5.26 Å². The quantitative estimate of drug-likeness (QED) is 0.591. The van der Waals surface area contributed by atoms with Crippen LogP contribution in [0.2, 0.25) is 0 Å². The monoisotopic (exact) mass is 363 g/mol. The molecular weight excluding hydrogens is 342 g/mol. The highest BCUT2D eigenvalue weighted by Gasteiger charge is 2.33. The number of allylic oxidation sites excluding steroid dienone is 1. The maximum atomic E-state index is 12.7. The topological polar surface area (TPSA) is 88.1 Å². The molecule has 1 aromatic heterocycles. The Bertz CT molecular complexity index is 920. The second kappa shape index (κ2) is 6.99. The van der Waals surface area contributed by atoms with Gasteiger partial charge in [-0.3, -0.25) is 9.59 Å². The number of hydrogen-bond donors (Lipinski definition) is 0. The predicted molar refractivity (Wildman–Crippen MR) is 99.0 cm³/mol. The second-order valence-corrected chi connectivity index (χ2v) is 7.38. The third-order valence-electron chi connectivity index (χ3n) is 5.54. The lowest BCUT2D eigenvalue weighted by molar-refractivity contribution is -0.621. The molecule has 1 aromatic rings. The number of Topliss-reactive ketones (excluding diaryl/α,β-unsaturated/α-hetero) is 1. The van der Waals surface area contributed by atoms with Crippen LogP contribution < -0.4 is 4.73 Å². The first-order valence-corrected chi connectivity index (χ1v) is 9.40. The molecule has 1 fully saturated rings. The van der Waals surface area contributed by atoms with Crippen LogP contribution in [0.1, 0.15) is 48.2 Å². The number of amides is 1. The number of rotatable bonds is 5. The van der Waals surface area contributed by atoms with Gasteiger partial charge < -0.3 is 10.1 Å². The van der Waals surface area contributed by atoms with Gasteiger partial charge in [-0.05, 0) is 30.4 Å². The van der Waals surface area contributed by atoms with Crippen molar-refractivity contribution in [3.63, 3.8) is 0 Å². The summed E-state index contributed by atoms with van der Waals surface area (Å²) in [5.41, 5.74) is 4.25. The first-order valence-electron chi connectivity index (χ1n) is 9.40. The highest BCUT2D eigenvalue weighted by molar-refractivity contribution is 5.85. The summed E-state index contributed by atoms with van der Waals surface area (Å²) in [5.74, 6) is 0.134. The normalized spacial score (nSPS) is 18.0. The van der Waals surface area contributed by atoms with Crippen LogP contribution in [0.4, 0.5) is 0 Å². The van der Waals surface area contributed by atoms with Gasteiger partial charge in [-0.15, -0.1) is 0 Å². The molecule has 4 rings (SSSR count). The van der Waals surface area contributed by atoms with E-state index in [1.54, 1.807) is 4.90 Å². The lowest BCUT2D eigenvalue weighted by Gasteiger charge is -2.26. The van der Waals surface area contributed by atoms with E-state index in [0.29, 0.717) is 37.3 Å². The number of carbonyl (C=O) groups excluding carboxylic acids is 2. The van der Waals surface area contributed by atoms with E-state index in [0.717, 1.165) is 34.3 Å². The van der Waals surface area contributed by atoms with Gasteiger partial charge in [-0.25, -0.2) is 0 Å². The van der Waals surface area contributed by atoms with Crippen LogP contribution in [0.3, 0.4) is 0 Å². The first kappa shape index (κ1) is 17.5. The van der Waals surface area contributed by atoms with E-state index in [2.05, 4.69) is 0 Å². The Labute approximate surface area is 158 Å². The molecule has 1 aliphatic heterocycles. The zero-order valence-electron chi connectivity index (χ0n) is 15.1. The van der Waals surface area contributed by atoms with E-state index in [1.807, 2.05) is 30.4 Å². The van der Waals surface area contributed by atoms with Gasteiger partial charge in [0.1, 0.15) is 12.2 Å². The van der Waals surface area contributed by atoms with Crippen molar-refractivity contribution in [1.82, 2.24) is 4.90 Å². The van der Waals surface area contributed by atoms with Gasteiger partial charge in [-0.2, -0.15) is 9.99 Å². The molecule has 0 spiro atoms. The Hall–Kier alpha value is -2.94. The number of aromatic nitrogens is 1. The van der Waals surface area contributed by atoms with Crippen molar-refractivity contribution in [2.75, 3.05) is 13.1 Å². The summed E-state index contributed by atoms with van der Waals surface area (Å²) in [6.45, 7) is 1.03. The summed E-state index contributed by atoms with van der Waals surface area (Å²) < 4.78 is 0.936. The summed E-state index contributed by atoms with van der Waals surface area (Å²) in [4.78, 5) is 25.8. The molecule has 138 valence electrons. The molecule has 0 saturated heterocycles. The van der Waals surface area contributed by atoms with Crippen LogP contribution in [0.5, 0.6) is 0 Å². The molecule has 0 bridgehead atoms. The highest BCUT2D eigenvalue weighted by atomic mass is 16.5. The van der Waals surface area contributed by atoms with Crippen molar-refractivity contribution in [2.45, 2.75) is 38.5 Å². The summed E-state index contributed by atoms with van der Waals surface area (Å²) >= 11 is 0. The number of nitriles is 1. The molecule has 1 amide bonds. The number of ketones is 1. The van der Waals surface area contributed by atoms with Crippen molar-refractivity contribution < 1.29 is 14.3 Å². The molecule has 2 aliphatic carbocycles. The van der Waals surface area contributed by atoms with E-state index >= 15 is 0 Å². The Balaban J connectivity index is 1.63. The van der Waals surface area contributed by atoms with Gasteiger partial charge in [-0.1, -0.05) is 18.2 Å². The summed E-state index contributed by atoms with van der Waals surface area (Å²) in [7, 11) is 0. The Kier molecular flexibility index (Phi) is 4.53. The highest BCUT2D eigenvalue weighted by Crippen LogP contribution is 2.33. The molecule has 0 radical (unpaired) electrons. The standard InChI is InChI=1S/C21H21N3O3/c22-9-6-21(26)23-10-7-14(8-11-23)18-12-16(13-20(25)15-4-5-15)24(27)19-3-1-2-17(18)19/h1-2,7,12,15H,3-6,8,10-11,13H2. The van der Waals surface area contributed by atoms with Gasteiger partial charge in [0, 0.05) is 25.1 Å². The Morgan fingerprint density at radius 2 is 2.19 bits per heavy atom. The van der Waals surface area contributed by atoms with Gasteiger partial charge >= 0.3 is 0 Å². The maximum absolute atomic E-state index is 12.7. The van der Waals surface area contributed by atoms with E-state index in [1.165, 1.54) is 0 Å². The fourth-order valence-electron chi connectivity index (χ4n) is 3.84. The first-order chi connectivity index (χ1) is 13.1. The number of fused-ring (bicyclic) bond motifs is 1. The van der Waals surface area contributed by atoms with Crippen LogP contribution in [-0.4, -0.2) is 29.7 Å². The summed E-state index contributed by atoms with van der Waals surface area (Å²) in [6.07, 6.45) is 9.17. The maximum Gasteiger partial charge on any atom is 0.237 e. The van der Waals surface area contributed by atoms with Gasteiger partial charge in [0.15, 0.2) is 0 Å². The van der Waals surface area contributed by atoms with E-state index in [-0.39, 0.29) is 30.4 Å². The van der Waals surface area contributed by atoms with Crippen molar-refractivity contribution in [1.29, 1.82) is 5.26 Å². The molecule has 27 heavy (non-hydrogen) atoms. The van der Waals surface area contributed by atoms with Crippen LogP contribution in [-0.2, 0) is 22.4 Å². The number of carbonyl (C=O) groups is 2. The third kappa shape index (κ3) is 3.37. The van der Waals surface area contributed by atoms with Crippen LogP contribution in [0.15, 0.2) is 18.2 Å². The molecule has 0 unspecified atom stereocenters. The Morgan fingerprint density at radius 1 is 1.37 bits per heavy atom. The SMILES string of the molecule is N#CCC(=O)N1CC=C(c2cc(CC(=O)C3CC3)[n+]([O-])c3c2C=CC3)CC1. The lowest BCUT2D eigenvalue weighted by atomic mass is 9.93. The molecule has 0 N–H and O–H groups in total. The smallest absolute Gasteiger partial charge is 0.237 e. The minimum Gasteiger partial charge on any atom is -0.618 e. The number of hydrogen-bond acceptors (Lipinski definition) is 4. The van der Waals surface area contributed by atoms with Crippen molar-refractivity contribution >= 4 is 23.3 Å². The van der Waals surface area contributed by atoms with Gasteiger partial charge in [0.2, 0.25) is 17.3 Å². The van der Waals surface area contributed by atoms with E-state index in [9.17, 15) is 14.8 Å². The van der Waals surface area contributed by atoms with Crippen molar-refractivity contribution in [2.24, 2.45) is 5.92 Å². The molecule has 0 aromatic carbocycles. The largest absolute Gasteiger partial charge is 0.618 e. The predicted octanol–water partition coefficient (Wildman–Crippen LogP) is 1.94. The molecular formula is C21H21N3O3. The minimum absolute atomic E-state index is 0.101. The fraction of sp³-hybridized carbons (Fsp3) is 0.429. The molecule has 6 heteroatoms. The number of pyridine rings is 1. The van der Waals surface area contributed by atoms with Crippen LogP contribution in [0.25, 0.3) is 11.6 Å². The van der Waals surface area contributed by atoms with Crippen LogP contribution in [0, 0.1) is 22.5 Å². The van der Waals surface area contributed by atoms with Gasteiger partial charge in [0.05, 0.1) is 24.5 Å². The lowest BCUT2D eigenvalue weighted by Crippen LogP contribution is -2.39. The molecule has 1 saturated carbocycles. The zero-order valence-corrected chi connectivity index (χ0v) is 15.1. The molecule has 6 nitrogen and oxygen atoms in total.